The second-order valence-electron chi connectivity index (χ2n) is 9.32. The Kier molecular flexibility index (Phi) is 5.11. The Morgan fingerprint density at radius 3 is 2.39 bits per heavy atom. The minimum atomic E-state index is -0.354. The number of fused-ring (bicyclic) bond motifs is 2. The Labute approximate surface area is 142 Å². The summed E-state index contributed by atoms with van der Waals surface area (Å²) in [5, 5.41) is 10.4. The maximum atomic E-state index is 10.4. The maximum Gasteiger partial charge on any atom is 0.0900 e. The molecule has 2 bridgehead atoms. The fourth-order valence-electron chi connectivity index (χ4n) is 5.67. The minimum absolute atomic E-state index is 0.298. The minimum Gasteiger partial charge on any atom is -0.389 e. The number of likely N-dealkylation sites (N-methyl/N-ethyl adjacent to an activating group) is 1. The summed E-state index contributed by atoms with van der Waals surface area (Å²) < 4.78 is 6.25. The van der Waals surface area contributed by atoms with Crippen molar-refractivity contribution in [2.45, 2.75) is 90.4 Å². The molecule has 23 heavy (non-hydrogen) atoms. The van der Waals surface area contributed by atoms with Gasteiger partial charge in [-0.2, -0.15) is 0 Å². The van der Waals surface area contributed by atoms with Crippen LogP contribution in [0.2, 0.25) is 0 Å². The summed E-state index contributed by atoms with van der Waals surface area (Å²) in [6.45, 7) is 8.49. The predicted octanol–water partition coefficient (Wildman–Crippen LogP) is 3.84. The van der Waals surface area contributed by atoms with Crippen LogP contribution in [0.1, 0.15) is 72.1 Å². The molecule has 0 heterocycles. The van der Waals surface area contributed by atoms with Crippen molar-refractivity contribution in [3.8, 4) is 0 Å². The van der Waals surface area contributed by atoms with Crippen molar-refractivity contribution in [1.82, 2.24) is 4.90 Å². The van der Waals surface area contributed by atoms with E-state index in [0.29, 0.717) is 29.6 Å². The van der Waals surface area contributed by atoms with Crippen LogP contribution in [-0.4, -0.2) is 48.5 Å². The molecular formula is C20H37NO2. The number of hydrogen-bond donors (Lipinski definition) is 1. The van der Waals surface area contributed by atoms with Crippen molar-refractivity contribution >= 4 is 0 Å². The van der Waals surface area contributed by atoms with Gasteiger partial charge in [0.25, 0.3) is 0 Å². The van der Waals surface area contributed by atoms with E-state index in [-0.39, 0.29) is 6.10 Å². The van der Waals surface area contributed by atoms with E-state index in [1.54, 1.807) is 0 Å². The molecule has 0 aromatic rings. The highest BCUT2D eigenvalue weighted by Gasteiger charge is 2.61. The average molecular weight is 324 g/mol. The molecule has 0 saturated heterocycles. The summed E-state index contributed by atoms with van der Waals surface area (Å²) in [5.74, 6) is 0.805. The SMILES string of the molecule is CN(C[C@H](O)CO[C@H]1C[C@H]2CC[C@@]1(C)C2(C)C)C1CCCCC1. The number of ether oxygens (including phenoxy) is 1. The highest BCUT2D eigenvalue weighted by atomic mass is 16.5. The Morgan fingerprint density at radius 1 is 1.13 bits per heavy atom. The van der Waals surface area contributed by atoms with E-state index in [4.69, 9.17) is 4.74 Å². The van der Waals surface area contributed by atoms with Crippen LogP contribution >= 0.6 is 0 Å². The third-order valence-electron chi connectivity index (χ3n) is 7.90. The number of aliphatic hydroxyl groups excluding tert-OH is 1. The van der Waals surface area contributed by atoms with Crippen molar-refractivity contribution in [2.75, 3.05) is 20.2 Å². The van der Waals surface area contributed by atoms with Crippen molar-refractivity contribution in [1.29, 1.82) is 0 Å². The summed E-state index contributed by atoms with van der Waals surface area (Å²) in [7, 11) is 2.17. The molecule has 0 amide bonds. The van der Waals surface area contributed by atoms with Gasteiger partial charge in [0.05, 0.1) is 18.8 Å². The van der Waals surface area contributed by atoms with Gasteiger partial charge in [0.2, 0.25) is 0 Å². The lowest BCUT2D eigenvalue weighted by Gasteiger charge is -2.39. The van der Waals surface area contributed by atoms with Crippen LogP contribution in [-0.2, 0) is 4.74 Å². The number of rotatable bonds is 6. The molecule has 134 valence electrons. The third-order valence-corrected chi connectivity index (χ3v) is 7.90. The fourth-order valence-corrected chi connectivity index (χ4v) is 5.67. The summed E-state index contributed by atoms with van der Waals surface area (Å²) in [4.78, 5) is 2.36. The molecule has 0 aromatic carbocycles. The first-order chi connectivity index (χ1) is 10.8. The standard InChI is InChI=1S/C20H37NO2/c1-19(2)15-10-11-20(19,3)18(12-15)23-14-17(22)13-21(4)16-8-6-5-7-9-16/h15-18,22H,5-14H2,1-4H3/t15-,17+,18+,20-/m1/s1. The molecular weight excluding hydrogens is 286 g/mol. The van der Waals surface area contributed by atoms with Gasteiger partial charge in [-0.15, -0.1) is 0 Å². The molecule has 0 spiro atoms. The van der Waals surface area contributed by atoms with Crippen LogP contribution in [0.3, 0.4) is 0 Å². The summed E-state index contributed by atoms with van der Waals surface area (Å²) in [6.07, 6.45) is 10.5. The Morgan fingerprint density at radius 2 is 1.83 bits per heavy atom. The van der Waals surface area contributed by atoms with Gasteiger partial charge >= 0.3 is 0 Å². The highest BCUT2D eigenvalue weighted by Crippen LogP contribution is 2.66. The van der Waals surface area contributed by atoms with Gasteiger partial charge in [-0.1, -0.05) is 40.0 Å². The van der Waals surface area contributed by atoms with E-state index in [2.05, 4.69) is 32.7 Å². The van der Waals surface area contributed by atoms with E-state index < -0.39 is 0 Å². The zero-order valence-corrected chi connectivity index (χ0v) is 15.7. The molecule has 3 nitrogen and oxygen atoms in total. The molecule has 3 rings (SSSR count). The third kappa shape index (κ3) is 3.21. The van der Waals surface area contributed by atoms with Gasteiger partial charge in [0.1, 0.15) is 0 Å². The van der Waals surface area contributed by atoms with Crippen LogP contribution < -0.4 is 0 Å². The zero-order valence-electron chi connectivity index (χ0n) is 15.7. The van der Waals surface area contributed by atoms with E-state index >= 15 is 0 Å². The molecule has 0 unspecified atom stereocenters. The Balaban J connectivity index is 1.45. The predicted molar refractivity (Wildman–Crippen MR) is 94.5 cm³/mol. The first-order valence-electron chi connectivity index (χ1n) is 9.84. The largest absolute Gasteiger partial charge is 0.389 e. The molecule has 3 aliphatic rings. The molecule has 3 heteroatoms. The topological polar surface area (TPSA) is 32.7 Å². The van der Waals surface area contributed by atoms with Gasteiger partial charge in [0, 0.05) is 12.6 Å². The first kappa shape index (κ1) is 17.7. The molecule has 4 atom stereocenters. The maximum absolute atomic E-state index is 10.4. The molecule has 3 aliphatic carbocycles. The molecule has 0 radical (unpaired) electrons. The highest BCUT2D eigenvalue weighted by molar-refractivity contribution is 5.11. The zero-order chi connectivity index (χ0) is 16.7. The van der Waals surface area contributed by atoms with Crippen molar-refractivity contribution in [2.24, 2.45) is 16.7 Å². The summed E-state index contributed by atoms with van der Waals surface area (Å²) in [6, 6.07) is 0.664. The Bertz CT molecular complexity index is 404. The van der Waals surface area contributed by atoms with E-state index in [9.17, 15) is 5.11 Å². The van der Waals surface area contributed by atoms with E-state index in [1.165, 1.54) is 51.4 Å². The quantitative estimate of drug-likeness (QED) is 0.806. The molecule has 1 N–H and O–H groups in total. The monoisotopic (exact) mass is 323 g/mol. The van der Waals surface area contributed by atoms with Crippen molar-refractivity contribution < 1.29 is 9.84 Å². The second kappa shape index (κ2) is 6.65. The van der Waals surface area contributed by atoms with Gasteiger partial charge in [-0.05, 0) is 55.9 Å². The molecule has 0 aromatic heterocycles. The average Bonchev–Trinajstić information content (AvgIpc) is 2.86. The van der Waals surface area contributed by atoms with Gasteiger partial charge in [0.15, 0.2) is 0 Å². The second-order valence-corrected chi connectivity index (χ2v) is 9.32. The summed E-state index contributed by atoms with van der Waals surface area (Å²) >= 11 is 0. The lowest BCUT2D eigenvalue weighted by Crippen LogP contribution is -2.42. The van der Waals surface area contributed by atoms with Crippen LogP contribution in [0.5, 0.6) is 0 Å². The normalized spacial score (nSPS) is 38.3. The molecule has 0 aliphatic heterocycles. The number of hydrogen-bond acceptors (Lipinski definition) is 3. The summed E-state index contributed by atoms with van der Waals surface area (Å²) in [5.41, 5.74) is 0.689. The van der Waals surface area contributed by atoms with Crippen LogP contribution in [0.4, 0.5) is 0 Å². The van der Waals surface area contributed by atoms with Gasteiger partial charge < -0.3 is 14.7 Å². The number of aliphatic hydroxyl groups is 1. The fraction of sp³-hybridized carbons (Fsp3) is 1.00. The van der Waals surface area contributed by atoms with Crippen molar-refractivity contribution in [3.63, 3.8) is 0 Å². The number of nitrogens with zero attached hydrogens (tertiary/aromatic N) is 1. The van der Waals surface area contributed by atoms with Gasteiger partial charge in [-0.3, -0.25) is 0 Å². The lowest BCUT2D eigenvalue weighted by atomic mass is 9.70. The Hall–Kier alpha value is -0.120. The van der Waals surface area contributed by atoms with Crippen LogP contribution in [0.15, 0.2) is 0 Å². The first-order valence-corrected chi connectivity index (χ1v) is 9.84. The van der Waals surface area contributed by atoms with Crippen LogP contribution in [0, 0.1) is 16.7 Å². The van der Waals surface area contributed by atoms with E-state index in [1.807, 2.05) is 0 Å². The van der Waals surface area contributed by atoms with Gasteiger partial charge in [-0.25, -0.2) is 0 Å². The lowest BCUT2D eigenvalue weighted by molar-refractivity contribution is -0.0802. The molecule has 3 fully saturated rings. The smallest absolute Gasteiger partial charge is 0.0900 e. The molecule has 3 saturated carbocycles. The van der Waals surface area contributed by atoms with E-state index in [0.717, 1.165) is 12.5 Å². The van der Waals surface area contributed by atoms with Crippen LogP contribution in [0.25, 0.3) is 0 Å². The van der Waals surface area contributed by atoms with Crippen molar-refractivity contribution in [3.05, 3.63) is 0 Å².